The third-order valence-corrected chi connectivity index (χ3v) is 20.6. The first-order chi connectivity index (χ1) is 24.0. The van der Waals surface area contributed by atoms with Crippen LogP contribution in [0.2, 0.25) is 0 Å². The van der Waals surface area contributed by atoms with Crippen LogP contribution in [0.25, 0.3) is 0 Å². The molecule has 0 spiro atoms. The minimum absolute atomic E-state index is 0.586. The second-order valence-electron chi connectivity index (χ2n) is 22.3. The Labute approximate surface area is 304 Å². The fourth-order valence-corrected chi connectivity index (χ4v) is 18.7. The van der Waals surface area contributed by atoms with Crippen molar-refractivity contribution in [1.29, 1.82) is 0 Å². The van der Waals surface area contributed by atoms with Crippen LogP contribution in [0.4, 0.5) is 0 Å². The standard InChI is InChI=1S/C49H78/c1-49(2)47-29-35(38-21-11-16-31-12-5-7-17-37(31)38)22-24-42(47)43-25-23-36(30-48(43)49)44-26-32-13-3-4-14-33(32)27-46(44)45-28-34-15-6-8-18-39(34)40-19-9-10-20-41(40)45/h4,14,31-48H,3,5-13,15-30H2,1-2H3. The van der Waals surface area contributed by atoms with Crippen LogP contribution >= 0.6 is 0 Å². The fraction of sp³-hybridized carbons (Fsp3) is 0.959. The molecule has 18 unspecified atom stereocenters. The van der Waals surface area contributed by atoms with Crippen LogP contribution in [0.3, 0.4) is 0 Å². The topological polar surface area (TPSA) is 0 Å². The van der Waals surface area contributed by atoms with Gasteiger partial charge in [-0.05, 0) is 215 Å². The summed E-state index contributed by atoms with van der Waals surface area (Å²) in [6.07, 6.45) is 46.6. The van der Waals surface area contributed by atoms with E-state index in [0.717, 1.165) is 107 Å². The van der Waals surface area contributed by atoms with Crippen molar-refractivity contribution in [2.75, 3.05) is 0 Å². The Hall–Kier alpha value is -0.260. The molecule has 10 aliphatic carbocycles. The molecule has 0 aromatic heterocycles. The van der Waals surface area contributed by atoms with Crippen LogP contribution in [0.5, 0.6) is 0 Å². The van der Waals surface area contributed by atoms with Gasteiger partial charge in [-0.25, -0.2) is 0 Å². The number of rotatable bonds is 3. The SMILES string of the molecule is CC1(C)C2CC(C3CCCC4CCCCC43)CCC2C2CCC(C3CC4CCC=CC4CC3C3CC4CCCCC4C4CCCCC43)CC21. The molecule has 0 heterocycles. The van der Waals surface area contributed by atoms with Gasteiger partial charge in [0.15, 0.2) is 0 Å². The lowest BCUT2D eigenvalue weighted by Gasteiger charge is -2.58. The van der Waals surface area contributed by atoms with E-state index in [2.05, 4.69) is 26.0 Å². The maximum atomic E-state index is 2.85. The molecule has 0 aromatic rings. The lowest BCUT2D eigenvalue weighted by atomic mass is 9.47. The molecule has 0 bridgehead atoms. The Kier molecular flexibility index (Phi) is 9.21. The van der Waals surface area contributed by atoms with E-state index in [1.54, 1.807) is 154 Å². The van der Waals surface area contributed by atoms with Crippen molar-refractivity contribution in [1.82, 2.24) is 0 Å². The molecule has 0 radical (unpaired) electrons. The first-order valence-electron chi connectivity index (χ1n) is 23.7. The highest BCUT2D eigenvalue weighted by molar-refractivity contribution is 5.10. The molecular formula is C49H78. The summed E-state index contributed by atoms with van der Waals surface area (Å²) < 4.78 is 0. The summed E-state index contributed by atoms with van der Waals surface area (Å²) in [5.74, 6) is 19.4. The molecule has 10 rings (SSSR count). The minimum Gasteiger partial charge on any atom is -0.0882 e. The highest BCUT2D eigenvalue weighted by atomic mass is 14.6. The molecule has 0 heteroatoms. The van der Waals surface area contributed by atoms with Gasteiger partial charge in [-0.3, -0.25) is 0 Å². The highest BCUT2D eigenvalue weighted by Gasteiger charge is 2.60. The van der Waals surface area contributed by atoms with Crippen molar-refractivity contribution in [3.8, 4) is 0 Å². The second kappa shape index (κ2) is 13.5. The zero-order valence-electron chi connectivity index (χ0n) is 32.4. The van der Waals surface area contributed by atoms with Gasteiger partial charge in [-0.2, -0.15) is 0 Å². The molecule has 0 amide bonds. The predicted octanol–water partition coefficient (Wildman–Crippen LogP) is 13.9. The van der Waals surface area contributed by atoms with E-state index in [4.69, 9.17) is 0 Å². The highest BCUT2D eigenvalue weighted by Crippen LogP contribution is 2.68. The lowest BCUT2D eigenvalue weighted by molar-refractivity contribution is -0.0802. The van der Waals surface area contributed by atoms with Gasteiger partial charge in [0.25, 0.3) is 0 Å². The molecule has 0 nitrogen and oxygen atoms in total. The number of fused-ring (bicyclic) bond motifs is 8. The van der Waals surface area contributed by atoms with Crippen LogP contribution in [-0.2, 0) is 0 Å². The van der Waals surface area contributed by atoms with Crippen LogP contribution in [0.15, 0.2) is 12.2 Å². The molecule has 0 aromatic carbocycles. The molecule has 0 N–H and O–H groups in total. The Morgan fingerprint density at radius 2 is 0.837 bits per heavy atom. The number of hydrogen-bond donors (Lipinski definition) is 0. The summed E-state index contributed by atoms with van der Waals surface area (Å²) in [7, 11) is 0. The quantitative estimate of drug-likeness (QED) is 0.263. The Morgan fingerprint density at radius 3 is 1.57 bits per heavy atom. The summed E-state index contributed by atoms with van der Waals surface area (Å²) in [5, 5.41) is 0. The molecule has 0 aliphatic heterocycles. The van der Waals surface area contributed by atoms with E-state index in [9.17, 15) is 0 Å². The van der Waals surface area contributed by atoms with Crippen molar-refractivity contribution < 1.29 is 0 Å². The average molecular weight is 667 g/mol. The summed E-state index contributed by atoms with van der Waals surface area (Å²) in [6, 6.07) is 0. The molecule has 274 valence electrons. The number of allylic oxidation sites excluding steroid dienone is 2. The summed E-state index contributed by atoms with van der Waals surface area (Å²) in [5.41, 5.74) is 0.586. The zero-order valence-corrected chi connectivity index (χ0v) is 32.4. The predicted molar refractivity (Wildman–Crippen MR) is 206 cm³/mol. The fourth-order valence-electron chi connectivity index (χ4n) is 18.7. The van der Waals surface area contributed by atoms with Gasteiger partial charge in [0.05, 0.1) is 0 Å². The smallest absolute Gasteiger partial charge is 0.0202 e. The Morgan fingerprint density at radius 1 is 0.347 bits per heavy atom. The first-order valence-corrected chi connectivity index (χ1v) is 23.7. The van der Waals surface area contributed by atoms with E-state index in [0.29, 0.717) is 5.41 Å². The molecule has 9 saturated carbocycles. The zero-order chi connectivity index (χ0) is 32.7. The third kappa shape index (κ3) is 5.75. The second-order valence-corrected chi connectivity index (χ2v) is 22.3. The molecule has 18 atom stereocenters. The van der Waals surface area contributed by atoms with Crippen LogP contribution in [-0.4, -0.2) is 0 Å². The van der Waals surface area contributed by atoms with Gasteiger partial charge in [-0.1, -0.05) is 90.2 Å². The van der Waals surface area contributed by atoms with Crippen molar-refractivity contribution in [3.05, 3.63) is 12.2 Å². The van der Waals surface area contributed by atoms with Crippen LogP contribution in [0, 0.1) is 112 Å². The van der Waals surface area contributed by atoms with Gasteiger partial charge in [0.1, 0.15) is 0 Å². The first kappa shape index (κ1) is 33.3. The van der Waals surface area contributed by atoms with Crippen molar-refractivity contribution in [2.45, 2.75) is 181 Å². The van der Waals surface area contributed by atoms with Gasteiger partial charge >= 0.3 is 0 Å². The van der Waals surface area contributed by atoms with E-state index >= 15 is 0 Å². The van der Waals surface area contributed by atoms with Crippen LogP contribution < -0.4 is 0 Å². The Bertz CT molecular complexity index is 1170. The molecule has 0 saturated heterocycles. The molecule has 10 aliphatic rings. The molecular weight excluding hydrogens is 589 g/mol. The van der Waals surface area contributed by atoms with E-state index in [1.807, 2.05) is 0 Å². The molecule has 49 heavy (non-hydrogen) atoms. The summed E-state index contributed by atoms with van der Waals surface area (Å²) >= 11 is 0. The van der Waals surface area contributed by atoms with Gasteiger partial charge in [0.2, 0.25) is 0 Å². The van der Waals surface area contributed by atoms with Gasteiger partial charge in [0, 0.05) is 0 Å². The van der Waals surface area contributed by atoms with Crippen molar-refractivity contribution >= 4 is 0 Å². The summed E-state index contributed by atoms with van der Waals surface area (Å²) in [6.45, 7) is 5.70. The van der Waals surface area contributed by atoms with Crippen LogP contribution in [0.1, 0.15) is 181 Å². The summed E-state index contributed by atoms with van der Waals surface area (Å²) in [4.78, 5) is 0. The molecule has 9 fully saturated rings. The van der Waals surface area contributed by atoms with E-state index in [-0.39, 0.29) is 0 Å². The van der Waals surface area contributed by atoms with Crippen molar-refractivity contribution in [3.63, 3.8) is 0 Å². The van der Waals surface area contributed by atoms with Gasteiger partial charge < -0.3 is 0 Å². The van der Waals surface area contributed by atoms with Gasteiger partial charge in [-0.15, -0.1) is 0 Å². The largest absolute Gasteiger partial charge is 0.0882 e. The minimum atomic E-state index is 0.586. The monoisotopic (exact) mass is 667 g/mol. The maximum Gasteiger partial charge on any atom is -0.0202 e. The van der Waals surface area contributed by atoms with Crippen molar-refractivity contribution in [2.24, 2.45) is 112 Å². The maximum absolute atomic E-state index is 2.85. The van der Waals surface area contributed by atoms with E-state index < -0.39 is 0 Å². The number of hydrogen-bond acceptors (Lipinski definition) is 0. The average Bonchev–Trinajstić information content (AvgIpc) is 3.38. The lowest BCUT2D eigenvalue weighted by Crippen LogP contribution is -2.50. The van der Waals surface area contributed by atoms with E-state index in [1.165, 1.54) is 12.8 Å². The normalized spacial score (nSPS) is 55.1. The third-order valence-electron chi connectivity index (χ3n) is 20.6. The Balaban J connectivity index is 0.897.